The summed E-state index contributed by atoms with van der Waals surface area (Å²) in [6.07, 6.45) is 5.91. The third-order valence-corrected chi connectivity index (χ3v) is 2.31. The van der Waals surface area contributed by atoms with Crippen LogP contribution in [-0.4, -0.2) is 27.4 Å². The molecule has 2 rings (SSSR count). The number of nitrogens with zero attached hydrogens (tertiary/aromatic N) is 3. The number of hydrogen-bond acceptors (Lipinski definition) is 4. The van der Waals surface area contributed by atoms with E-state index < -0.39 is 23.2 Å². The van der Waals surface area contributed by atoms with Crippen LogP contribution in [0.3, 0.4) is 0 Å². The van der Waals surface area contributed by atoms with Crippen LogP contribution in [0, 0.1) is 11.6 Å². The lowest BCUT2D eigenvalue weighted by Gasteiger charge is -2.04. The quantitative estimate of drug-likeness (QED) is 0.898. The van der Waals surface area contributed by atoms with Gasteiger partial charge in [0.25, 0.3) is 5.91 Å². The molecule has 7 heteroatoms. The SMILES string of the molecule is O=C(NCCc1cnccn1)c1ncc(F)cc1F. The van der Waals surface area contributed by atoms with E-state index in [1.807, 2.05) is 0 Å². The Bertz CT molecular complexity index is 577. The van der Waals surface area contributed by atoms with E-state index in [2.05, 4.69) is 20.3 Å². The molecule has 19 heavy (non-hydrogen) atoms. The van der Waals surface area contributed by atoms with Crippen LogP contribution in [0.1, 0.15) is 16.2 Å². The maximum absolute atomic E-state index is 13.3. The molecule has 1 N–H and O–H groups in total. The molecule has 0 aromatic carbocycles. The average molecular weight is 264 g/mol. The van der Waals surface area contributed by atoms with E-state index in [9.17, 15) is 13.6 Å². The van der Waals surface area contributed by atoms with E-state index >= 15 is 0 Å². The van der Waals surface area contributed by atoms with Gasteiger partial charge in [-0.2, -0.15) is 0 Å². The number of carbonyl (C=O) groups excluding carboxylic acids is 1. The van der Waals surface area contributed by atoms with Crippen molar-refractivity contribution in [2.24, 2.45) is 0 Å². The van der Waals surface area contributed by atoms with Gasteiger partial charge in [-0.3, -0.25) is 14.8 Å². The number of nitrogens with one attached hydrogen (secondary N) is 1. The molecule has 98 valence electrons. The van der Waals surface area contributed by atoms with Gasteiger partial charge in [-0.25, -0.2) is 13.8 Å². The Morgan fingerprint density at radius 2 is 2.05 bits per heavy atom. The zero-order chi connectivity index (χ0) is 13.7. The van der Waals surface area contributed by atoms with Crippen molar-refractivity contribution in [2.75, 3.05) is 6.54 Å². The molecule has 0 aliphatic heterocycles. The summed E-state index contributed by atoms with van der Waals surface area (Å²) in [5.74, 6) is -2.51. The van der Waals surface area contributed by atoms with Gasteiger partial charge in [0.15, 0.2) is 11.5 Å². The normalized spacial score (nSPS) is 10.2. The number of amides is 1. The van der Waals surface area contributed by atoms with Crippen molar-refractivity contribution in [3.63, 3.8) is 0 Å². The molecule has 0 saturated carbocycles. The molecule has 0 bridgehead atoms. The van der Waals surface area contributed by atoms with Crippen molar-refractivity contribution in [3.05, 3.63) is 53.9 Å². The van der Waals surface area contributed by atoms with Crippen LogP contribution < -0.4 is 5.32 Å². The number of rotatable bonds is 4. The van der Waals surface area contributed by atoms with Gasteiger partial charge in [0.1, 0.15) is 5.82 Å². The third-order valence-electron chi connectivity index (χ3n) is 2.31. The molecule has 0 spiro atoms. The first kappa shape index (κ1) is 13.0. The monoisotopic (exact) mass is 264 g/mol. The summed E-state index contributed by atoms with van der Waals surface area (Å²) in [5, 5.41) is 2.48. The Labute approximate surface area is 107 Å². The Morgan fingerprint density at radius 1 is 1.21 bits per heavy atom. The Hall–Kier alpha value is -2.44. The lowest BCUT2D eigenvalue weighted by Crippen LogP contribution is -2.27. The van der Waals surface area contributed by atoms with E-state index in [-0.39, 0.29) is 6.54 Å². The molecule has 0 fully saturated rings. The number of pyridine rings is 1. The fourth-order valence-corrected chi connectivity index (χ4v) is 1.43. The summed E-state index contributed by atoms with van der Waals surface area (Å²) >= 11 is 0. The minimum absolute atomic E-state index is 0.260. The van der Waals surface area contributed by atoms with Crippen LogP contribution in [0.4, 0.5) is 8.78 Å². The summed E-state index contributed by atoms with van der Waals surface area (Å²) in [4.78, 5) is 22.9. The van der Waals surface area contributed by atoms with Crippen LogP contribution in [0.5, 0.6) is 0 Å². The second kappa shape index (κ2) is 5.94. The molecule has 5 nitrogen and oxygen atoms in total. The molecule has 0 radical (unpaired) electrons. The van der Waals surface area contributed by atoms with E-state index in [1.54, 1.807) is 18.6 Å². The molecule has 1 amide bonds. The van der Waals surface area contributed by atoms with E-state index in [0.29, 0.717) is 18.2 Å². The maximum Gasteiger partial charge on any atom is 0.272 e. The molecule has 0 unspecified atom stereocenters. The molecule has 0 aliphatic carbocycles. The van der Waals surface area contributed by atoms with Gasteiger partial charge in [0.2, 0.25) is 0 Å². The maximum atomic E-state index is 13.3. The Kier molecular flexibility index (Phi) is 4.07. The van der Waals surface area contributed by atoms with Gasteiger partial charge in [0.05, 0.1) is 11.9 Å². The standard InChI is InChI=1S/C12H10F2N4O/c13-8-5-10(14)11(18-6-8)12(19)17-2-1-9-7-15-3-4-16-9/h3-7H,1-2H2,(H,17,19). The summed E-state index contributed by atoms with van der Waals surface area (Å²) in [6, 6.07) is 0.616. The highest BCUT2D eigenvalue weighted by Crippen LogP contribution is 2.05. The number of halogens is 2. The van der Waals surface area contributed by atoms with Crippen molar-refractivity contribution >= 4 is 5.91 Å². The van der Waals surface area contributed by atoms with E-state index in [4.69, 9.17) is 0 Å². The van der Waals surface area contributed by atoms with Gasteiger partial charge in [-0.1, -0.05) is 0 Å². The zero-order valence-electron chi connectivity index (χ0n) is 9.81. The van der Waals surface area contributed by atoms with Crippen molar-refractivity contribution < 1.29 is 13.6 Å². The molecule has 0 atom stereocenters. The predicted octanol–water partition coefficient (Wildman–Crippen LogP) is 1.12. The first-order chi connectivity index (χ1) is 9.16. The molecule has 0 saturated heterocycles. The van der Waals surface area contributed by atoms with Gasteiger partial charge in [0, 0.05) is 37.6 Å². The van der Waals surface area contributed by atoms with E-state index in [1.165, 1.54) is 0 Å². The lowest BCUT2D eigenvalue weighted by molar-refractivity contribution is 0.0944. The fourth-order valence-electron chi connectivity index (χ4n) is 1.43. The summed E-state index contributed by atoms with van der Waals surface area (Å²) in [7, 11) is 0. The Morgan fingerprint density at radius 3 is 2.74 bits per heavy atom. The highest BCUT2D eigenvalue weighted by atomic mass is 19.1. The van der Waals surface area contributed by atoms with Crippen molar-refractivity contribution in [2.45, 2.75) is 6.42 Å². The van der Waals surface area contributed by atoms with Gasteiger partial charge >= 0.3 is 0 Å². The number of hydrogen-bond donors (Lipinski definition) is 1. The fraction of sp³-hybridized carbons (Fsp3) is 0.167. The lowest BCUT2D eigenvalue weighted by atomic mass is 10.3. The first-order valence-electron chi connectivity index (χ1n) is 5.51. The third kappa shape index (κ3) is 3.51. The molecular formula is C12H10F2N4O. The number of aromatic nitrogens is 3. The average Bonchev–Trinajstić information content (AvgIpc) is 2.39. The van der Waals surface area contributed by atoms with Crippen molar-refractivity contribution in [3.8, 4) is 0 Å². The predicted molar refractivity (Wildman–Crippen MR) is 62.2 cm³/mol. The molecule has 2 aromatic rings. The second-order valence-electron chi connectivity index (χ2n) is 3.69. The summed E-state index contributed by atoms with van der Waals surface area (Å²) in [6.45, 7) is 0.260. The van der Waals surface area contributed by atoms with Crippen molar-refractivity contribution in [1.82, 2.24) is 20.3 Å². The molecule has 2 heterocycles. The summed E-state index contributed by atoms with van der Waals surface area (Å²) in [5.41, 5.74) is 0.274. The van der Waals surface area contributed by atoms with Crippen LogP contribution in [-0.2, 0) is 6.42 Å². The highest BCUT2D eigenvalue weighted by molar-refractivity contribution is 5.92. The first-order valence-corrected chi connectivity index (χ1v) is 5.51. The van der Waals surface area contributed by atoms with Crippen LogP contribution in [0.15, 0.2) is 30.9 Å². The van der Waals surface area contributed by atoms with Crippen molar-refractivity contribution in [1.29, 1.82) is 0 Å². The molecule has 0 aliphatic rings. The second-order valence-corrected chi connectivity index (χ2v) is 3.69. The van der Waals surface area contributed by atoms with Gasteiger partial charge < -0.3 is 5.32 Å². The van der Waals surface area contributed by atoms with Crippen LogP contribution >= 0.6 is 0 Å². The Balaban J connectivity index is 1.91. The minimum Gasteiger partial charge on any atom is -0.350 e. The molecular weight excluding hydrogens is 254 g/mol. The topological polar surface area (TPSA) is 67.8 Å². The zero-order valence-corrected chi connectivity index (χ0v) is 9.81. The highest BCUT2D eigenvalue weighted by Gasteiger charge is 2.13. The van der Waals surface area contributed by atoms with Gasteiger partial charge in [-0.15, -0.1) is 0 Å². The summed E-state index contributed by atoms with van der Waals surface area (Å²) < 4.78 is 25.9. The van der Waals surface area contributed by atoms with Crippen LogP contribution in [0.25, 0.3) is 0 Å². The van der Waals surface area contributed by atoms with E-state index in [0.717, 1.165) is 6.20 Å². The molecule has 2 aromatic heterocycles. The van der Waals surface area contributed by atoms with Crippen LogP contribution in [0.2, 0.25) is 0 Å². The van der Waals surface area contributed by atoms with Gasteiger partial charge in [-0.05, 0) is 0 Å². The number of carbonyl (C=O) groups is 1. The minimum atomic E-state index is -0.989. The smallest absolute Gasteiger partial charge is 0.272 e. The largest absolute Gasteiger partial charge is 0.350 e.